The first-order valence-corrected chi connectivity index (χ1v) is 17.6. The first-order chi connectivity index (χ1) is 23.9. The van der Waals surface area contributed by atoms with Gasteiger partial charge in [-0.2, -0.15) is 0 Å². The zero-order valence-electron chi connectivity index (χ0n) is 30.2. The summed E-state index contributed by atoms with van der Waals surface area (Å²) in [6, 6.07) is 12.3. The lowest BCUT2D eigenvalue weighted by atomic mass is 9.85. The van der Waals surface area contributed by atoms with Crippen LogP contribution < -0.4 is 21.3 Å². The Bertz CT molecular complexity index is 1470. The molecule has 0 saturated heterocycles. The van der Waals surface area contributed by atoms with E-state index < -0.39 is 36.1 Å². The third kappa shape index (κ3) is 13.0. The zero-order chi connectivity index (χ0) is 36.6. The van der Waals surface area contributed by atoms with Gasteiger partial charge in [0.05, 0.1) is 37.1 Å². The van der Waals surface area contributed by atoms with Gasteiger partial charge in [0.15, 0.2) is 0 Å². The third-order valence-electron chi connectivity index (χ3n) is 8.96. The van der Waals surface area contributed by atoms with E-state index in [1.165, 1.54) is 6.33 Å². The summed E-state index contributed by atoms with van der Waals surface area (Å²) < 4.78 is 0. The summed E-state index contributed by atoms with van der Waals surface area (Å²) in [6.45, 7) is 11.9. The Morgan fingerprint density at radius 2 is 1.58 bits per heavy atom. The van der Waals surface area contributed by atoms with E-state index in [9.17, 15) is 24.3 Å². The molecule has 12 heteroatoms. The molecule has 3 rings (SSSR count). The topological polar surface area (TPSA) is 178 Å². The molecule has 3 aromatic rings. The lowest BCUT2D eigenvalue weighted by Gasteiger charge is -2.32. The van der Waals surface area contributed by atoms with E-state index in [1.54, 1.807) is 18.5 Å². The molecule has 2 aromatic heterocycles. The second kappa shape index (κ2) is 20.2. The number of aromatic nitrogens is 3. The van der Waals surface area contributed by atoms with Gasteiger partial charge >= 0.3 is 0 Å². The number of aliphatic hydroxyl groups excluding tert-OH is 1. The van der Waals surface area contributed by atoms with Crippen LogP contribution in [0.2, 0.25) is 0 Å². The number of pyridine rings is 1. The molecule has 0 bridgehead atoms. The fourth-order valence-electron chi connectivity index (χ4n) is 5.81. The predicted octanol–water partition coefficient (Wildman–Crippen LogP) is 3.48. The first kappa shape index (κ1) is 39.9. The number of aromatic amines is 1. The molecule has 0 spiro atoms. The van der Waals surface area contributed by atoms with Crippen LogP contribution in [-0.2, 0) is 38.6 Å². The van der Waals surface area contributed by atoms with E-state index in [0.29, 0.717) is 24.2 Å². The standard InChI is InChI=1S/C38H55N7O5/c1-7-26(6)35(38(50)41-22-28-15-11-12-16-40-28)45-36(48)30(25(4)5)20-33(46)31(17-24(2)3)44-37(49)32(19-29-21-39-23-42-29)43-34(47)18-27-13-9-8-10-14-27/h8-16,21,23-26,30-33,35,46H,7,17-20,22H2,1-6H3,(H,39,42)(H,41,50)(H,43,47)(H,44,49)(H,45,48)/t26-,30-,31-,32-,33-,35-/m0/s1. The maximum absolute atomic E-state index is 13.8. The summed E-state index contributed by atoms with van der Waals surface area (Å²) in [5, 5.41) is 23.3. The first-order valence-electron chi connectivity index (χ1n) is 17.6. The molecule has 1 aromatic carbocycles. The highest BCUT2D eigenvalue weighted by Gasteiger charge is 2.35. The Morgan fingerprint density at radius 1 is 0.860 bits per heavy atom. The van der Waals surface area contributed by atoms with Gasteiger partial charge < -0.3 is 31.4 Å². The molecule has 0 aliphatic carbocycles. The normalized spacial score (nSPS) is 15.0. The summed E-state index contributed by atoms with van der Waals surface area (Å²) in [7, 11) is 0. The van der Waals surface area contributed by atoms with E-state index in [2.05, 4.69) is 36.2 Å². The molecular weight excluding hydrogens is 634 g/mol. The maximum Gasteiger partial charge on any atom is 0.243 e. The Kier molecular flexibility index (Phi) is 16.1. The Balaban J connectivity index is 1.73. The number of benzene rings is 1. The van der Waals surface area contributed by atoms with Crippen LogP contribution >= 0.6 is 0 Å². The summed E-state index contributed by atoms with van der Waals surface area (Å²) >= 11 is 0. The van der Waals surface area contributed by atoms with Crippen molar-refractivity contribution in [2.24, 2.45) is 23.7 Å². The minimum atomic E-state index is -1.08. The average Bonchev–Trinajstić information content (AvgIpc) is 3.61. The number of hydrogen-bond donors (Lipinski definition) is 6. The minimum absolute atomic E-state index is 0.0650. The van der Waals surface area contributed by atoms with Gasteiger partial charge in [-0.1, -0.05) is 84.4 Å². The van der Waals surface area contributed by atoms with Crippen molar-refractivity contribution < 1.29 is 24.3 Å². The molecule has 4 amide bonds. The molecule has 272 valence electrons. The minimum Gasteiger partial charge on any atom is -0.391 e. The third-order valence-corrected chi connectivity index (χ3v) is 8.96. The van der Waals surface area contributed by atoms with Gasteiger partial charge in [-0.05, 0) is 48.3 Å². The summed E-state index contributed by atoms with van der Waals surface area (Å²) in [5.74, 6) is -2.24. The van der Waals surface area contributed by atoms with Crippen molar-refractivity contribution >= 4 is 23.6 Å². The SMILES string of the molecule is CC[C@H](C)[C@H](NC(=O)[C@@H](C[C@H](O)[C@H](CC(C)C)NC(=O)[C@H](Cc1cnc[nH]1)NC(=O)Cc1ccccc1)C(C)C)C(=O)NCc1ccccn1. The molecule has 0 aliphatic rings. The quantitative estimate of drug-likeness (QED) is 0.105. The molecule has 0 saturated carbocycles. The molecule has 2 heterocycles. The molecule has 0 unspecified atom stereocenters. The zero-order valence-corrected chi connectivity index (χ0v) is 30.2. The number of nitrogens with zero attached hydrogens (tertiary/aromatic N) is 2. The van der Waals surface area contributed by atoms with E-state index in [-0.39, 0.29) is 61.3 Å². The second-order valence-corrected chi connectivity index (χ2v) is 13.9. The van der Waals surface area contributed by atoms with Crippen molar-refractivity contribution in [3.8, 4) is 0 Å². The van der Waals surface area contributed by atoms with Crippen LogP contribution in [0.3, 0.4) is 0 Å². The van der Waals surface area contributed by atoms with Crippen molar-refractivity contribution in [1.82, 2.24) is 36.2 Å². The highest BCUT2D eigenvalue weighted by Crippen LogP contribution is 2.23. The van der Waals surface area contributed by atoms with Crippen molar-refractivity contribution in [1.29, 1.82) is 0 Å². The Morgan fingerprint density at radius 3 is 2.18 bits per heavy atom. The van der Waals surface area contributed by atoms with Crippen molar-refractivity contribution in [2.75, 3.05) is 0 Å². The van der Waals surface area contributed by atoms with Crippen molar-refractivity contribution in [2.45, 2.75) is 104 Å². The maximum atomic E-state index is 13.8. The molecule has 12 nitrogen and oxygen atoms in total. The van der Waals surface area contributed by atoms with Crippen LogP contribution in [0.15, 0.2) is 67.3 Å². The van der Waals surface area contributed by atoms with Gasteiger partial charge in [0, 0.05) is 30.4 Å². The number of carbonyl (C=O) groups is 4. The Labute approximate surface area is 296 Å². The number of amides is 4. The van der Waals surface area contributed by atoms with Gasteiger partial charge in [-0.15, -0.1) is 0 Å². The fourth-order valence-corrected chi connectivity index (χ4v) is 5.81. The van der Waals surface area contributed by atoms with Crippen LogP contribution in [-0.4, -0.2) is 67.9 Å². The number of nitrogens with one attached hydrogen (secondary N) is 5. The number of hydrogen-bond acceptors (Lipinski definition) is 7. The Hall–Kier alpha value is -4.58. The van der Waals surface area contributed by atoms with Crippen LogP contribution in [0.25, 0.3) is 0 Å². The fraction of sp³-hybridized carbons (Fsp3) is 0.526. The van der Waals surface area contributed by atoms with Crippen LogP contribution in [0.5, 0.6) is 0 Å². The van der Waals surface area contributed by atoms with Gasteiger partial charge in [0.1, 0.15) is 12.1 Å². The lowest BCUT2D eigenvalue weighted by molar-refractivity contribution is -0.134. The highest BCUT2D eigenvalue weighted by atomic mass is 16.3. The molecular formula is C38H55N7O5. The highest BCUT2D eigenvalue weighted by molar-refractivity contribution is 5.89. The van der Waals surface area contributed by atoms with Crippen molar-refractivity contribution in [3.63, 3.8) is 0 Å². The lowest BCUT2D eigenvalue weighted by Crippen LogP contribution is -2.55. The van der Waals surface area contributed by atoms with E-state index in [1.807, 2.05) is 84.0 Å². The second-order valence-electron chi connectivity index (χ2n) is 13.9. The number of H-pyrrole nitrogens is 1. The summed E-state index contributed by atoms with van der Waals surface area (Å²) in [4.78, 5) is 65.2. The van der Waals surface area contributed by atoms with Crippen LogP contribution in [0, 0.1) is 23.7 Å². The monoisotopic (exact) mass is 689 g/mol. The predicted molar refractivity (Wildman–Crippen MR) is 192 cm³/mol. The number of imidazole rings is 1. The van der Waals surface area contributed by atoms with Gasteiger partial charge in [0.25, 0.3) is 0 Å². The number of rotatable bonds is 20. The van der Waals surface area contributed by atoms with E-state index in [0.717, 1.165) is 5.56 Å². The van der Waals surface area contributed by atoms with Crippen molar-refractivity contribution in [3.05, 3.63) is 84.2 Å². The smallest absolute Gasteiger partial charge is 0.243 e. The van der Waals surface area contributed by atoms with Gasteiger partial charge in [0.2, 0.25) is 23.6 Å². The average molecular weight is 690 g/mol. The van der Waals surface area contributed by atoms with E-state index >= 15 is 0 Å². The van der Waals surface area contributed by atoms with E-state index in [4.69, 9.17) is 0 Å². The largest absolute Gasteiger partial charge is 0.391 e. The molecule has 0 aliphatic heterocycles. The summed E-state index contributed by atoms with van der Waals surface area (Å²) in [5.41, 5.74) is 2.19. The van der Waals surface area contributed by atoms with Crippen LogP contribution in [0.1, 0.15) is 77.8 Å². The molecule has 6 atom stereocenters. The molecule has 0 radical (unpaired) electrons. The molecule has 6 N–H and O–H groups in total. The molecule has 0 fully saturated rings. The van der Waals surface area contributed by atoms with Gasteiger partial charge in [-0.25, -0.2) is 4.98 Å². The molecule has 50 heavy (non-hydrogen) atoms. The number of carbonyl (C=O) groups excluding carboxylic acids is 4. The van der Waals surface area contributed by atoms with Gasteiger partial charge in [-0.3, -0.25) is 24.2 Å². The summed E-state index contributed by atoms with van der Waals surface area (Å²) in [6.07, 6.45) is 5.15. The number of aliphatic hydroxyl groups is 1. The van der Waals surface area contributed by atoms with Crippen LogP contribution in [0.4, 0.5) is 0 Å².